The standard InChI is InChI=1S/C25H33N7O7/c26-17(11-15-12-28-13-29-15)22(35)31-19(10-14-3-5-16(33)6-4-14)24(37)32-9-1-2-20(32)23(36)30-18(25(38)39)7-8-21(27)34/h3-6,12-13,17-20,33H,1-2,7-11,26H2,(H2,27,34)(H,28,29)(H,30,36)(H,31,35)(H,38,39). The molecule has 2 aromatic rings. The van der Waals surface area contributed by atoms with E-state index in [1.807, 2.05) is 0 Å². The zero-order chi connectivity index (χ0) is 28.5. The molecule has 0 bridgehead atoms. The average molecular weight is 544 g/mol. The van der Waals surface area contributed by atoms with Gasteiger partial charge >= 0.3 is 5.97 Å². The number of nitrogens with zero attached hydrogens (tertiary/aromatic N) is 2. The van der Waals surface area contributed by atoms with Crippen molar-refractivity contribution in [1.29, 1.82) is 0 Å². The highest BCUT2D eigenvalue weighted by molar-refractivity contribution is 5.94. The monoisotopic (exact) mass is 543 g/mol. The number of phenols is 1. The number of hydrogen-bond donors (Lipinski definition) is 7. The Kier molecular flexibility index (Phi) is 9.98. The molecular formula is C25H33N7O7. The van der Waals surface area contributed by atoms with Crippen LogP contribution in [0.15, 0.2) is 36.8 Å². The number of hydrogen-bond acceptors (Lipinski definition) is 8. The second-order valence-corrected chi connectivity index (χ2v) is 9.41. The summed E-state index contributed by atoms with van der Waals surface area (Å²) in [6.45, 7) is 0.220. The Labute approximate surface area is 224 Å². The number of rotatable bonds is 13. The zero-order valence-electron chi connectivity index (χ0n) is 21.2. The Morgan fingerprint density at radius 2 is 1.82 bits per heavy atom. The van der Waals surface area contributed by atoms with Gasteiger partial charge in [-0.2, -0.15) is 0 Å². The number of aromatic hydroxyl groups is 1. The summed E-state index contributed by atoms with van der Waals surface area (Å²) < 4.78 is 0. The van der Waals surface area contributed by atoms with Gasteiger partial charge in [0.05, 0.1) is 12.4 Å². The van der Waals surface area contributed by atoms with E-state index >= 15 is 0 Å². The molecule has 0 spiro atoms. The molecule has 1 aromatic heterocycles. The summed E-state index contributed by atoms with van der Waals surface area (Å²) in [4.78, 5) is 70.4. The van der Waals surface area contributed by atoms with Crippen molar-refractivity contribution in [2.24, 2.45) is 11.5 Å². The van der Waals surface area contributed by atoms with Crippen LogP contribution in [0.3, 0.4) is 0 Å². The van der Waals surface area contributed by atoms with Gasteiger partial charge in [-0.15, -0.1) is 0 Å². The van der Waals surface area contributed by atoms with Gasteiger partial charge in [0, 0.05) is 37.7 Å². The second kappa shape index (κ2) is 13.4. The lowest BCUT2D eigenvalue weighted by Gasteiger charge is -2.30. The second-order valence-electron chi connectivity index (χ2n) is 9.41. The lowest BCUT2D eigenvalue weighted by Crippen LogP contribution is -2.57. The Hall–Kier alpha value is -4.46. The lowest BCUT2D eigenvalue weighted by molar-refractivity contribution is -0.145. The Morgan fingerprint density at radius 3 is 2.44 bits per heavy atom. The summed E-state index contributed by atoms with van der Waals surface area (Å²) in [5.41, 5.74) is 12.4. The first kappa shape index (κ1) is 29.1. The number of likely N-dealkylation sites (tertiary alicyclic amines) is 1. The first-order valence-electron chi connectivity index (χ1n) is 12.5. The number of carbonyl (C=O) groups excluding carboxylic acids is 4. The minimum absolute atomic E-state index is 0.0350. The van der Waals surface area contributed by atoms with E-state index in [1.165, 1.54) is 29.6 Å². The number of imidazole rings is 1. The van der Waals surface area contributed by atoms with E-state index in [0.717, 1.165) is 0 Å². The van der Waals surface area contributed by atoms with Gasteiger partial charge in [0.1, 0.15) is 23.9 Å². The number of nitrogens with one attached hydrogen (secondary N) is 3. The van der Waals surface area contributed by atoms with Crippen LogP contribution < -0.4 is 22.1 Å². The number of aromatic nitrogens is 2. The fourth-order valence-corrected chi connectivity index (χ4v) is 4.39. The maximum atomic E-state index is 13.7. The molecule has 14 heteroatoms. The van der Waals surface area contributed by atoms with Crippen LogP contribution in [0.5, 0.6) is 5.75 Å². The highest BCUT2D eigenvalue weighted by Crippen LogP contribution is 2.21. The molecule has 9 N–H and O–H groups in total. The number of aromatic amines is 1. The molecule has 1 aromatic carbocycles. The number of carbonyl (C=O) groups is 5. The number of nitrogens with two attached hydrogens (primary N) is 2. The molecular weight excluding hydrogens is 510 g/mol. The molecule has 4 amide bonds. The van der Waals surface area contributed by atoms with E-state index in [0.29, 0.717) is 24.1 Å². The Morgan fingerprint density at radius 1 is 1.10 bits per heavy atom. The molecule has 4 atom stereocenters. The van der Waals surface area contributed by atoms with Crippen molar-refractivity contribution in [3.05, 3.63) is 48.0 Å². The Bertz CT molecular complexity index is 1170. The SMILES string of the molecule is NC(=O)CCC(NC(=O)C1CCCN1C(=O)C(Cc1ccc(O)cc1)NC(=O)C(N)Cc1cnc[nH]1)C(=O)O. The molecule has 1 aliphatic heterocycles. The van der Waals surface area contributed by atoms with Crippen molar-refractivity contribution in [1.82, 2.24) is 25.5 Å². The van der Waals surface area contributed by atoms with Gasteiger partial charge in [0.2, 0.25) is 23.6 Å². The van der Waals surface area contributed by atoms with Gasteiger partial charge in [-0.25, -0.2) is 9.78 Å². The van der Waals surface area contributed by atoms with Crippen LogP contribution >= 0.6 is 0 Å². The van der Waals surface area contributed by atoms with Crippen LogP contribution in [-0.2, 0) is 36.8 Å². The van der Waals surface area contributed by atoms with Crippen LogP contribution in [0, 0.1) is 0 Å². The van der Waals surface area contributed by atoms with Crippen molar-refractivity contribution in [3.8, 4) is 5.75 Å². The van der Waals surface area contributed by atoms with E-state index in [9.17, 15) is 34.2 Å². The maximum absolute atomic E-state index is 13.7. The van der Waals surface area contributed by atoms with E-state index in [4.69, 9.17) is 11.5 Å². The molecule has 4 unspecified atom stereocenters. The van der Waals surface area contributed by atoms with Gasteiger partial charge in [-0.1, -0.05) is 12.1 Å². The van der Waals surface area contributed by atoms with Crippen molar-refractivity contribution in [2.75, 3.05) is 6.54 Å². The third-order valence-corrected chi connectivity index (χ3v) is 6.45. The predicted octanol–water partition coefficient (Wildman–Crippen LogP) is -1.46. The highest BCUT2D eigenvalue weighted by atomic mass is 16.4. The van der Waals surface area contributed by atoms with E-state index < -0.39 is 53.8 Å². The number of phenolic OH excluding ortho intramolecular Hbond substituents is 1. The van der Waals surface area contributed by atoms with Crippen LogP contribution in [0.2, 0.25) is 0 Å². The number of aliphatic carboxylic acids is 1. The lowest BCUT2D eigenvalue weighted by atomic mass is 10.0. The van der Waals surface area contributed by atoms with E-state index in [2.05, 4.69) is 20.6 Å². The van der Waals surface area contributed by atoms with Crippen LogP contribution in [0.25, 0.3) is 0 Å². The first-order valence-corrected chi connectivity index (χ1v) is 12.5. The summed E-state index contributed by atoms with van der Waals surface area (Å²) in [7, 11) is 0. The minimum atomic E-state index is -1.35. The first-order chi connectivity index (χ1) is 18.5. The smallest absolute Gasteiger partial charge is 0.326 e. The quantitative estimate of drug-likeness (QED) is 0.156. The number of carboxylic acid groups (broad SMARTS) is 1. The van der Waals surface area contributed by atoms with Gasteiger partial charge in [0.25, 0.3) is 0 Å². The van der Waals surface area contributed by atoms with Gasteiger partial charge in [0.15, 0.2) is 0 Å². The summed E-state index contributed by atoms with van der Waals surface area (Å²) in [6, 6.07) is 1.72. The summed E-state index contributed by atoms with van der Waals surface area (Å²) in [5.74, 6) is -3.79. The summed E-state index contributed by atoms with van der Waals surface area (Å²) >= 11 is 0. The van der Waals surface area contributed by atoms with Crippen molar-refractivity contribution in [2.45, 2.75) is 62.7 Å². The summed E-state index contributed by atoms with van der Waals surface area (Å²) in [6.07, 6.45) is 3.56. The molecule has 2 heterocycles. The maximum Gasteiger partial charge on any atom is 0.326 e. The van der Waals surface area contributed by atoms with Crippen molar-refractivity contribution < 1.29 is 34.2 Å². The number of benzene rings is 1. The molecule has 210 valence electrons. The van der Waals surface area contributed by atoms with Gasteiger partial charge in [-0.3, -0.25) is 19.2 Å². The van der Waals surface area contributed by atoms with Gasteiger partial charge in [-0.05, 0) is 37.0 Å². The zero-order valence-corrected chi connectivity index (χ0v) is 21.2. The fourth-order valence-electron chi connectivity index (χ4n) is 4.39. The number of carboxylic acids is 1. The van der Waals surface area contributed by atoms with Crippen LogP contribution in [-0.4, -0.2) is 85.4 Å². The third-order valence-electron chi connectivity index (χ3n) is 6.45. The molecule has 1 saturated heterocycles. The Balaban J connectivity index is 1.76. The third kappa shape index (κ3) is 8.26. The number of primary amides is 1. The average Bonchev–Trinajstić information content (AvgIpc) is 3.59. The molecule has 0 aliphatic carbocycles. The predicted molar refractivity (Wildman–Crippen MR) is 137 cm³/mol. The molecule has 39 heavy (non-hydrogen) atoms. The van der Waals surface area contributed by atoms with Crippen molar-refractivity contribution >= 4 is 29.6 Å². The van der Waals surface area contributed by atoms with E-state index in [1.54, 1.807) is 12.1 Å². The van der Waals surface area contributed by atoms with Gasteiger partial charge < -0.3 is 42.2 Å². The van der Waals surface area contributed by atoms with Crippen LogP contribution in [0.4, 0.5) is 0 Å². The number of amides is 4. The van der Waals surface area contributed by atoms with E-state index in [-0.39, 0.29) is 38.0 Å². The molecule has 0 saturated carbocycles. The largest absolute Gasteiger partial charge is 0.508 e. The minimum Gasteiger partial charge on any atom is -0.508 e. The molecule has 1 fully saturated rings. The molecule has 3 rings (SSSR count). The topological polar surface area (TPSA) is 234 Å². The highest BCUT2D eigenvalue weighted by Gasteiger charge is 2.39. The molecule has 1 aliphatic rings. The fraction of sp³-hybridized carbons (Fsp3) is 0.440. The molecule has 0 radical (unpaired) electrons. The number of H-pyrrole nitrogens is 1. The summed E-state index contributed by atoms with van der Waals surface area (Å²) in [5, 5.41) is 24.1. The molecule has 14 nitrogen and oxygen atoms in total. The normalized spacial score (nSPS) is 17.2. The van der Waals surface area contributed by atoms with Crippen LogP contribution in [0.1, 0.15) is 36.9 Å². The van der Waals surface area contributed by atoms with Crippen molar-refractivity contribution in [3.63, 3.8) is 0 Å².